The van der Waals surface area contributed by atoms with Crippen molar-refractivity contribution in [3.63, 3.8) is 0 Å². The van der Waals surface area contributed by atoms with E-state index < -0.39 is 0 Å². The number of carbonyl (C=O) groups excluding carboxylic acids is 1. The summed E-state index contributed by atoms with van der Waals surface area (Å²) in [5.74, 6) is 0.0933. The Morgan fingerprint density at radius 2 is 1.95 bits per heavy atom. The van der Waals surface area contributed by atoms with Crippen molar-refractivity contribution in [3.05, 3.63) is 34.9 Å². The van der Waals surface area contributed by atoms with Crippen molar-refractivity contribution in [3.8, 4) is 0 Å². The van der Waals surface area contributed by atoms with Gasteiger partial charge in [-0.05, 0) is 44.4 Å². The number of nitrogens with one attached hydrogen (secondary N) is 2. The lowest BCUT2D eigenvalue weighted by Gasteiger charge is -2.26. The number of rotatable bonds is 5. The van der Waals surface area contributed by atoms with Crippen LogP contribution in [-0.4, -0.2) is 18.0 Å². The molecular weight excluding hydrogens is 284 g/mol. The van der Waals surface area contributed by atoms with Gasteiger partial charge >= 0.3 is 0 Å². The number of carbonyl (C=O) groups is 1. The second-order valence-corrected chi connectivity index (χ2v) is 6.45. The number of benzene rings is 1. The van der Waals surface area contributed by atoms with Crippen molar-refractivity contribution in [2.75, 3.05) is 0 Å². The average molecular weight is 309 g/mol. The lowest BCUT2D eigenvalue weighted by atomic mass is 9.95. The number of amides is 1. The van der Waals surface area contributed by atoms with E-state index in [0.717, 1.165) is 23.4 Å². The molecular formula is C17H25ClN2O. The largest absolute Gasteiger partial charge is 0.352 e. The van der Waals surface area contributed by atoms with E-state index in [4.69, 9.17) is 11.6 Å². The van der Waals surface area contributed by atoms with Gasteiger partial charge in [0.15, 0.2) is 0 Å². The SMILES string of the molecule is CC(N[C@H](C)c1cccc(Cl)c1)C(=O)NC1CCCCC1. The van der Waals surface area contributed by atoms with E-state index in [0.29, 0.717) is 6.04 Å². The number of halogens is 1. The van der Waals surface area contributed by atoms with Crippen molar-refractivity contribution < 1.29 is 4.79 Å². The number of hydrogen-bond acceptors (Lipinski definition) is 2. The summed E-state index contributed by atoms with van der Waals surface area (Å²) in [4.78, 5) is 12.2. The number of hydrogen-bond donors (Lipinski definition) is 2. The van der Waals surface area contributed by atoms with Crippen LogP contribution in [0.3, 0.4) is 0 Å². The fraction of sp³-hybridized carbons (Fsp3) is 0.588. The third-order valence-corrected chi connectivity index (χ3v) is 4.43. The molecule has 1 aliphatic carbocycles. The Balaban J connectivity index is 1.84. The highest BCUT2D eigenvalue weighted by Crippen LogP contribution is 2.19. The molecule has 2 rings (SSSR count). The summed E-state index contributed by atoms with van der Waals surface area (Å²) in [6.07, 6.45) is 5.98. The zero-order chi connectivity index (χ0) is 15.2. The van der Waals surface area contributed by atoms with Gasteiger partial charge in [-0.1, -0.05) is 43.0 Å². The van der Waals surface area contributed by atoms with Crippen LogP contribution in [0.2, 0.25) is 5.02 Å². The van der Waals surface area contributed by atoms with E-state index in [9.17, 15) is 4.79 Å². The van der Waals surface area contributed by atoms with Crippen molar-refractivity contribution in [2.24, 2.45) is 0 Å². The van der Waals surface area contributed by atoms with E-state index in [1.54, 1.807) is 0 Å². The van der Waals surface area contributed by atoms with Gasteiger partial charge in [-0.3, -0.25) is 10.1 Å². The van der Waals surface area contributed by atoms with Gasteiger partial charge in [0.2, 0.25) is 5.91 Å². The smallest absolute Gasteiger partial charge is 0.237 e. The maximum atomic E-state index is 12.2. The van der Waals surface area contributed by atoms with Crippen molar-refractivity contribution in [2.45, 2.75) is 64.1 Å². The van der Waals surface area contributed by atoms with Crippen LogP contribution in [0.15, 0.2) is 24.3 Å². The van der Waals surface area contributed by atoms with Crippen molar-refractivity contribution in [1.29, 1.82) is 0 Å². The molecule has 0 spiro atoms. The molecule has 4 heteroatoms. The fourth-order valence-corrected chi connectivity index (χ4v) is 3.09. The highest BCUT2D eigenvalue weighted by atomic mass is 35.5. The quantitative estimate of drug-likeness (QED) is 0.868. The lowest BCUT2D eigenvalue weighted by molar-refractivity contribution is -0.123. The Labute approximate surface area is 132 Å². The molecule has 0 saturated heterocycles. The summed E-state index contributed by atoms with van der Waals surface area (Å²) in [7, 11) is 0. The van der Waals surface area contributed by atoms with E-state index in [1.165, 1.54) is 19.3 Å². The van der Waals surface area contributed by atoms with E-state index in [-0.39, 0.29) is 18.0 Å². The maximum Gasteiger partial charge on any atom is 0.237 e. The monoisotopic (exact) mass is 308 g/mol. The summed E-state index contributed by atoms with van der Waals surface area (Å²) >= 11 is 6.01. The van der Waals surface area contributed by atoms with Crippen LogP contribution < -0.4 is 10.6 Å². The van der Waals surface area contributed by atoms with Gasteiger partial charge in [-0.25, -0.2) is 0 Å². The van der Waals surface area contributed by atoms with Gasteiger partial charge in [-0.15, -0.1) is 0 Å². The Bertz CT molecular complexity index is 472. The fourth-order valence-electron chi connectivity index (χ4n) is 2.90. The van der Waals surface area contributed by atoms with Gasteiger partial charge in [0.1, 0.15) is 0 Å². The zero-order valence-electron chi connectivity index (χ0n) is 12.9. The molecule has 2 N–H and O–H groups in total. The Hall–Kier alpha value is -1.06. The molecule has 1 aliphatic rings. The minimum Gasteiger partial charge on any atom is -0.352 e. The van der Waals surface area contributed by atoms with E-state index in [2.05, 4.69) is 17.6 Å². The van der Waals surface area contributed by atoms with Gasteiger partial charge in [-0.2, -0.15) is 0 Å². The third kappa shape index (κ3) is 5.01. The molecule has 1 fully saturated rings. The molecule has 2 atom stereocenters. The van der Waals surface area contributed by atoms with Gasteiger partial charge < -0.3 is 5.32 Å². The predicted molar refractivity (Wildman–Crippen MR) is 87.5 cm³/mol. The van der Waals surface area contributed by atoms with Crippen LogP contribution in [0.1, 0.15) is 57.6 Å². The summed E-state index contributed by atoms with van der Waals surface area (Å²) in [5, 5.41) is 7.22. The molecule has 0 radical (unpaired) electrons. The zero-order valence-corrected chi connectivity index (χ0v) is 13.6. The van der Waals surface area contributed by atoms with Gasteiger partial charge in [0.05, 0.1) is 6.04 Å². The Kier molecular flexibility index (Phi) is 6.07. The molecule has 1 saturated carbocycles. The van der Waals surface area contributed by atoms with Crippen LogP contribution in [0.5, 0.6) is 0 Å². The second kappa shape index (κ2) is 7.81. The molecule has 3 nitrogen and oxygen atoms in total. The van der Waals surface area contributed by atoms with Gasteiger partial charge in [0.25, 0.3) is 0 Å². The molecule has 21 heavy (non-hydrogen) atoms. The highest BCUT2D eigenvalue weighted by molar-refractivity contribution is 6.30. The summed E-state index contributed by atoms with van der Waals surface area (Å²) in [5.41, 5.74) is 1.10. The minimum atomic E-state index is -0.207. The van der Waals surface area contributed by atoms with Crippen LogP contribution >= 0.6 is 11.6 Å². The molecule has 1 unspecified atom stereocenters. The third-order valence-electron chi connectivity index (χ3n) is 4.19. The van der Waals surface area contributed by atoms with Crippen molar-refractivity contribution in [1.82, 2.24) is 10.6 Å². The predicted octanol–water partition coefficient (Wildman–Crippen LogP) is 3.83. The minimum absolute atomic E-state index is 0.0933. The van der Waals surface area contributed by atoms with Gasteiger partial charge in [0, 0.05) is 17.1 Å². The first-order chi connectivity index (χ1) is 10.1. The summed E-state index contributed by atoms with van der Waals surface area (Å²) < 4.78 is 0. The standard InChI is InChI=1S/C17H25ClN2O/c1-12(14-7-6-8-15(18)11-14)19-13(2)17(21)20-16-9-4-3-5-10-16/h6-8,11-13,16,19H,3-5,9-10H2,1-2H3,(H,20,21)/t12-,13?/m1/s1. The molecule has 1 aromatic rings. The molecule has 1 amide bonds. The average Bonchev–Trinajstić information content (AvgIpc) is 2.48. The maximum absolute atomic E-state index is 12.2. The lowest BCUT2D eigenvalue weighted by Crippen LogP contribution is -2.47. The molecule has 0 bridgehead atoms. The Morgan fingerprint density at radius 3 is 2.62 bits per heavy atom. The molecule has 0 heterocycles. The van der Waals surface area contributed by atoms with Crippen molar-refractivity contribution >= 4 is 17.5 Å². The first-order valence-electron chi connectivity index (χ1n) is 7.88. The van der Waals surface area contributed by atoms with Crippen LogP contribution in [0.25, 0.3) is 0 Å². The normalized spacial score (nSPS) is 19.0. The molecule has 116 valence electrons. The summed E-state index contributed by atoms with van der Waals surface area (Å²) in [6.45, 7) is 3.97. The van der Waals surface area contributed by atoms with Crippen LogP contribution in [-0.2, 0) is 4.79 Å². The first kappa shape index (κ1) is 16.3. The van der Waals surface area contributed by atoms with Crippen LogP contribution in [0.4, 0.5) is 0 Å². The molecule has 1 aromatic carbocycles. The van der Waals surface area contributed by atoms with Crippen LogP contribution in [0, 0.1) is 0 Å². The topological polar surface area (TPSA) is 41.1 Å². The summed E-state index contributed by atoms with van der Waals surface area (Å²) in [6, 6.07) is 7.99. The molecule has 0 aromatic heterocycles. The first-order valence-corrected chi connectivity index (χ1v) is 8.26. The van der Waals surface area contributed by atoms with E-state index >= 15 is 0 Å². The molecule has 0 aliphatic heterocycles. The highest BCUT2D eigenvalue weighted by Gasteiger charge is 2.20. The second-order valence-electron chi connectivity index (χ2n) is 6.01. The Morgan fingerprint density at radius 1 is 1.24 bits per heavy atom. The van der Waals surface area contributed by atoms with E-state index in [1.807, 2.05) is 31.2 Å².